The van der Waals surface area contributed by atoms with Crippen molar-refractivity contribution in [2.24, 2.45) is 0 Å². The van der Waals surface area contributed by atoms with Crippen LogP contribution in [0.5, 0.6) is 0 Å². The Morgan fingerprint density at radius 1 is 1.50 bits per heavy atom. The molecule has 0 aromatic heterocycles. The van der Waals surface area contributed by atoms with E-state index in [4.69, 9.17) is 11.6 Å². The molecular formula is C14H20ClNOS. The van der Waals surface area contributed by atoms with Crippen LogP contribution in [0.1, 0.15) is 26.3 Å². The van der Waals surface area contributed by atoms with Crippen LogP contribution < -0.4 is 4.72 Å². The van der Waals surface area contributed by atoms with Crippen molar-refractivity contribution in [2.75, 3.05) is 0 Å². The summed E-state index contributed by atoms with van der Waals surface area (Å²) in [5, 5.41) is 0.715. The highest BCUT2D eigenvalue weighted by molar-refractivity contribution is 7.90. The summed E-state index contributed by atoms with van der Waals surface area (Å²) < 4.78 is 14.8. The Morgan fingerprint density at radius 3 is 2.67 bits per heavy atom. The van der Waals surface area contributed by atoms with Crippen molar-refractivity contribution in [2.45, 2.75) is 38.0 Å². The highest BCUT2D eigenvalue weighted by Gasteiger charge is 2.28. The summed E-state index contributed by atoms with van der Waals surface area (Å²) >= 11 is 4.84. The number of benzene rings is 1. The van der Waals surface area contributed by atoms with E-state index in [1.54, 1.807) is 6.08 Å². The van der Waals surface area contributed by atoms with Gasteiger partial charge in [0, 0.05) is 16.4 Å². The van der Waals surface area contributed by atoms with Crippen molar-refractivity contribution in [1.29, 1.82) is 0 Å². The zero-order chi connectivity index (χ0) is 13.8. The Hall–Kier alpha value is -0.480. The lowest BCUT2D eigenvalue weighted by atomic mass is 10.1. The molecule has 0 aliphatic rings. The van der Waals surface area contributed by atoms with Gasteiger partial charge in [0.15, 0.2) is 0 Å². The fourth-order valence-electron chi connectivity index (χ4n) is 1.41. The van der Waals surface area contributed by atoms with Gasteiger partial charge >= 0.3 is 0 Å². The minimum atomic E-state index is -1.10. The quantitative estimate of drug-likeness (QED) is 0.664. The summed E-state index contributed by atoms with van der Waals surface area (Å²) in [4.78, 5) is 0. The average Bonchev–Trinajstić information content (AvgIpc) is 2.26. The van der Waals surface area contributed by atoms with Crippen LogP contribution in [0.15, 0.2) is 36.9 Å². The van der Waals surface area contributed by atoms with E-state index in [1.807, 2.05) is 45.0 Å². The smallest absolute Gasteiger partial charge is 0.136 e. The molecule has 0 spiro atoms. The molecule has 0 aliphatic heterocycles. The van der Waals surface area contributed by atoms with Crippen molar-refractivity contribution >= 4 is 23.0 Å². The number of hydrogen-bond acceptors (Lipinski definition) is 2. The standard InChI is InChI=1S/C14H20ClNOS/c1-5-13(16-18(17)14(2,3)4)10-11-7-6-8-12(15)9-11/h5-9,13,16H,1,10H2,2-4H3/t13-,18?/m0/s1. The zero-order valence-corrected chi connectivity index (χ0v) is 12.6. The van der Waals surface area contributed by atoms with Gasteiger partial charge in [-0.1, -0.05) is 29.8 Å². The van der Waals surface area contributed by atoms with E-state index in [0.717, 1.165) is 12.0 Å². The summed E-state index contributed by atoms with van der Waals surface area (Å²) in [6.07, 6.45) is 2.51. The third-order valence-electron chi connectivity index (χ3n) is 2.44. The predicted octanol–water partition coefficient (Wildman–Crippen LogP) is 3.49. The minimum Gasteiger partial charge on any atom is -0.598 e. The van der Waals surface area contributed by atoms with Gasteiger partial charge in [0.1, 0.15) is 4.75 Å². The maximum absolute atomic E-state index is 12.0. The molecule has 1 aromatic carbocycles. The maximum atomic E-state index is 12.0. The van der Waals surface area contributed by atoms with E-state index in [2.05, 4.69) is 11.3 Å². The molecule has 1 unspecified atom stereocenters. The average molecular weight is 286 g/mol. The topological polar surface area (TPSA) is 35.1 Å². The molecule has 1 aromatic rings. The maximum Gasteiger partial charge on any atom is 0.136 e. The second-order valence-electron chi connectivity index (χ2n) is 5.18. The number of halogens is 1. The normalized spacial score (nSPS) is 15.2. The first-order chi connectivity index (χ1) is 8.32. The van der Waals surface area contributed by atoms with Gasteiger partial charge in [0.25, 0.3) is 0 Å². The Morgan fingerprint density at radius 2 is 2.17 bits per heavy atom. The summed E-state index contributed by atoms with van der Waals surface area (Å²) in [5.41, 5.74) is 1.10. The van der Waals surface area contributed by atoms with Gasteiger partial charge in [-0.15, -0.1) is 11.3 Å². The Bertz CT molecular complexity index is 403. The first-order valence-electron chi connectivity index (χ1n) is 5.88. The molecule has 18 heavy (non-hydrogen) atoms. The molecule has 0 amide bonds. The monoisotopic (exact) mass is 285 g/mol. The van der Waals surface area contributed by atoms with Crippen molar-refractivity contribution in [3.05, 3.63) is 47.5 Å². The second kappa shape index (κ2) is 6.62. The minimum absolute atomic E-state index is 0.0245. The molecule has 0 radical (unpaired) electrons. The largest absolute Gasteiger partial charge is 0.598 e. The molecular weight excluding hydrogens is 266 g/mol. The van der Waals surface area contributed by atoms with E-state index in [1.165, 1.54) is 0 Å². The molecule has 0 bridgehead atoms. The van der Waals surface area contributed by atoms with Crippen molar-refractivity contribution < 1.29 is 4.55 Å². The SMILES string of the molecule is C=C[C@@H](Cc1cccc(Cl)c1)N[S+]([O-])C(C)(C)C. The van der Waals surface area contributed by atoms with Crippen LogP contribution in [-0.4, -0.2) is 15.3 Å². The van der Waals surface area contributed by atoms with Crippen molar-refractivity contribution in [3.63, 3.8) is 0 Å². The molecule has 1 N–H and O–H groups in total. The van der Waals surface area contributed by atoms with Crippen LogP contribution in [0.4, 0.5) is 0 Å². The highest BCUT2D eigenvalue weighted by Crippen LogP contribution is 2.16. The van der Waals surface area contributed by atoms with Crippen molar-refractivity contribution in [3.8, 4) is 0 Å². The lowest BCUT2D eigenvalue weighted by Gasteiger charge is -2.26. The van der Waals surface area contributed by atoms with E-state index in [0.29, 0.717) is 5.02 Å². The van der Waals surface area contributed by atoms with Gasteiger partial charge in [0.05, 0.1) is 6.04 Å². The highest BCUT2D eigenvalue weighted by atomic mass is 35.5. The third kappa shape index (κ3) is 5.02. The van der Waals surface area contributed by atoms with E-state index in [-0.39, 0.29) is 10.8 Å². The van der Waals surface area contributed by atoms with Gasteiger partial charge < -0.3 is 4.55 Å². The van der Waals surface area contributed by atoms with E-state index < -0.39 is 11.4 Å². The van der Waals surface area contributed by atoms with Crippen LogP contribution in [0.3, 0.4) is 0 Å². The fourth-order valence-corrected chi connectivity index (χ4v) is 2.43. The molecule has 100 valence electrons. The van der Waals surface area contributed by atoms with Crippen LogP contribution in [0, 0.1) is 0 Å². The summed E-state index contributed by atoms with van der Waals surface area (Å²) in [5.74, 6) is 0. The Kier molecular flexibility index (Phi) is 5.73. The van der Waals surface area contributed by atoms with Crippen LogP contribution >= 0.6 is 11.6 Å². The van der Waals surface area contributed by atoms with Crippen molar-refractivity contribution in [1.82, 2.24) is 4.72 Å². The number of nitrogens with one attached hydrogen (secondary N) is 1. The van der Waals surface area contributed by atoms with Gasteiger partial charge in [-0.2, -0.15) is 0 Å². The zero-order valence-electron chi connectivity index (χ0n) is 11.1. The van der Waals surface area contributed by atoms with Gasteiger partial charge in [0.2, 0.25) is 0 Å². The molecule has 0 aliphatic carbocycles. The first-order valence-corrected chi connectivity index (χ1v) is 7.41. The van der Waals surface area contributed by atoms with Gasteiger partial charge in [-0.25, -0.2) is 0 Å². The molecule has 4 heteroatoms. The molecule has 2 nitrogen and oxygen atoms in total. The van der Waals surface area contributed by atoms with E-state index >= 15 is 0 Å². The molecule has 0 saturated heterocycles. The molecule has 0 saturated carbocycles. The van der Waals surface area contributed by atoms with Crippen LogP contribution in [0.25, 0.3) is 0 Å². The van der Waals surface area contributed by atoms with Crippen LogP contribution in [0.2, 0.25) is 5.02 Å². The summed E-state index contributed by atoms with van der Waals surface area (Å²) in [6.45, 7) is 9.61. The molecule has 0 heterocycles. The van der Waals surface area contributed by atoms with Crippen LogP contribution in [-0.2, 0) is 17.8 Å². The third-order valence-corrected chi connectivity index (χ3v) is 4.31. The fraction of sp³-hybridized carbons (Fsp3) is 0.429. The molecule has 0 fully saturated rings. The summed E-state index contributed by atoms with van der Waals surface area (Å²) in [7, 11) is 0. The Balaban J connectivity index is 2.65. The second-order valence-corrected chi connectivity index (χ2v) is 7.61. The number of rotatable bonds is 5. The Labute approximate surface area is 118 Å². The summed E-state index contributed by atoms with van der Waals surface area (Å²) in [6, 6.07) is 7.65. The predicted molar refractivity (Wildman–Crippen MR) is 80.2 cm³/mol. The molecule has 1 rings (SSSR count). The lowest BCUT2D eigenvalue weighted by molar-refractivity contribution is 0.534. The lowest BCUT2D eigenvalue weighted by Crippen LogP contribution is -2.44. The molecule has 2 atom stereocenters. The van der Waals surface area contributed by atoms with Gasteiger partial charge in [-0.05, 0) is 44.9 Å². The van der Waals surface area contributed by atoms with E-state index in [9.17, 15) is 4.55 Å². The number of hydrogen-bond donors (Lipinski definition) is 1. The van der Waals surface area contributed by atoms with Gasteiger partial charge in [-0.3, -0.25) is 0 Å². The first kappa shape index (κ1) is 15.6.